The average molecular weight is 227 g/mol. The van der Waals surface area contributed by atoms with Crippen LogP contribution in [0.3, 0.4) is 0 Å². The van der Waals surface area contributed by atoms with Crippen LogP contribution in [0.4, 0.5) is 0 Å². The van der Waals surface area contributed by atoms with E-state index in [4.69, 9.17) is 5.73 Å². The van der Waals surface area contributed by atoms with Gasteiger partial charge in [0.05, 0.1) is 6.04 Å². The number of nitrogens with two attached hydrogens (primary N) is 1. The van der Waals surface area contributed by atoms with Gasteiger partial charge in [0.15, 0.2) is 0 Å². The molecule has 1 aliphatic carbocycles. The molecule has 1 atom stereocenters. The smallest absolute Gasteiger partial charge is 0.0668 e. The molecule has 0 amide bonds. The lowest BCUT2D eigenvalue weighted by atomic mass is 9.78. The third-order valence-electron chi connectivity index (χ3n) is 3.50. The third kappa shape index (κ3) is 3.11. The summed E-state index contributed by atoms with van der Waals surface area (Å²) in [6.45, 7) is 2.14. The van der Waals surface area contributed by atoms with Gasteiger partial charge in [0.1, 0.15) is 0 Å². The highest BCUT2D eigenvalue weighted by Gasteiger charge is 2.21. The molecule has 2 N–H and O–H groups in total. The first-order valence-corrected chi connectivity index (χ1v) is 6.67. The maximum absolute atomic E-state index is 5.93. The molecule has 1 aliphatic rings. The summed E-state index contributed by atoms with van der Waals surface area (Å²) in [5, 5.41) is 0. The van der Waals surface area contributed by atoms with Crippen LogP contribution in [0, 0.1) is 11.8 Å². The van der Waals surface area contributed by atoms with Crippen molar-refractivity contribution < 1.29 is 0 Å². The molecular formula is C16H21N. The van der Waals surface area contributed by atoms with Gasteiger partial charge in [-0.15, -0.1) is 0 Å². The predicted molar refractivity (Wildman–Crippen MR) is 72.8 cm³/mol. The fraction of sp³-hybridized carbons (Fsp3) is 0.500. The quantitative estimate of drug-likeness (QED) is 0.787. The van der Waals surface area contributed by atoms with E-state index < -0.39 is 0 Å². The average Bonchev–Trinajstić information content (AvgIpc) is 2.26. The minimum absolute atomic E-state index is 0.0226. The van der Waals surface area contributed by atoms with Gasteiger partial charge in [-0.2, -0.15) is 0 Å². The molecule has 1 aromatic rings. The summed E-state index contributed by atoms with van der Waals surface area (Å²) in [6, 6.07) is 8.55. The van der Waals surface area contributed by atoms with Crippen molar-refractivity contribution in [3.05, 3.63) is 35.4 Å². The summed E-state index contributed by atoms with van der Waals surface area (Å²) < 4.78 is 0. The molecule has 0 saturated heterocycles. The fourth-order valence-electron chi connectivity index (χ4n) is 2.24. The van der Waals surface area contributed by atoms with Gasteiger partial charge < -0.3 is 5.73 Å². The Bertz CT molecular complexity index is 421. The summed E-state index contributed by atoms with van der Waals surface area (Å²) in [5.74, 6) is 7.18. The molecular weight excluding hydrogens is 206 g/mol. The van der Waals surface area contributed by atoms with Crippen LogP contribution < -0.4 is 5.73 Å². The molecule has 0 spiro atoms. The van der Waals surface area contributed by atoms with Crippen LogP contribution in [0.2, 0.25) is 0 Å². The van der Waals surface area contributed by atoms with Crippen LogP contribution in [-0.2, 0) is 0 Å². The van der Waals surface area contributed by atoms with Gasteiger partial charge in [0.2, 0.25) is 0 Å². The summed E-state index contributed by atoms with van der Waals surface area (Å²) in [7, 11) is 0. The van der Waals surface area contributed by atoms with Crippen LogP contribution in [0.1, 0.15) is 56.1 Å². The van der Waals surface area contributed by atoms with Crippen molar-refractivity contribution in [2.45, 2.75) is 51.0 Å². The van der Waals surface area contributed by atoms with Crippen molar-refractivity contribution in [1.29, 1.82) is 0 Å². The van der Waals surface area contributed by atoms with Gasteiger partial charge in [0.25, 0.3) is 0 Å². The Balaban J connectivity index is 2.14. The molecule has 1 saturated carbocycles. The monoisotopic (exact) mass is 227 g/mol. The van der Waals surface area contributed by atoms with E-state index in [0.717, 1.165) is 18.8 Å². The molecule has 1 unspecified atom stereocenters. The van der Waals surface area contributed by atoms with Crippen LogP contribution >= 0.6 is 0 Å². The molecule has 0 radical (unpaired) electrons. The molecule has 0 aliphatic heterocycles. The van der Waals surface area contributed by atoms with Gasteiger partial charge in [-0.25, -0.2) is 0 Å². The van der Waals surface area contributed by atoms with E-state index in [0.29, 0.717) is 0 Å². The van der Waals surface area contributed by atoms with Gasteiger partial charge in [-0.3, -0.25) is 0 Å². The molecule has 0 heterocycles. The Labute approximate surface area is 104 Å². The van der Waals surface area contributed by atoms with Gasteiger partial charge >= 0.3 is 0 Å². The number of hydrogen-bond acceptors (Lipinski definition) is 1. The van der Waals surface area contributed by atoms with Crippen molar-refractivity contribution in [3.63, 3.8) is 0 Å². The minimum atomic E-state index is 0.0226. The minimum Gasteiger partial charge on any atom is -0.318 e. The van der Waals surface area contributed by atoms with Gasteiger partial charge in [-0.1, -0.05) is 49.8 Å². The molecule has 1 fully saturated rings. The Morgan fingerprint density at radius 2 is 2.12 bits per heavy atom. The zero-order chi connectivity index (χ0) is 12.1. The number of rotatable bonds is 3. The Hall–Kier alpha value is -1.26. The predicted octanol–water partition coefficient (Wildman–Crippen LogP) is 3.43. The topological polar surface area (TPSA) is 26.0 Å². The Morgan fingerprint density at radius 1 is 1.35 bits per heavy atom. The molecule has 90 valence electrons. The molecule has 0 bridgehead atoms. The molecule has 0 aromatic heterocycles. The standard InChI is InChI=1S/C16H21N/c1-2-6-15(17)12-11-14-7-3-4-10-16(14)13-8-5-9-13/h3-4,7,10,13,15H,2,5-6,8-9,17H2,1H3. The van der Waals surface area contributed by atoms with Crippen LogP contribution in [0.25, 0.3) is 0 Å². The van der Waals surface area contributed by atoms with E-state index in [2.05, 4.69) is 43.0 Å². The normalized spacial score (nSPS) is 16.8. The molecule has 1 aromatic carbocycles. The lowest BCUT2D eigenvalue weighted by Crippen LogP contribution is -2.16. The molecule has 17 heavy (non-hydrogen) atoms. The highest BCUT2D eigenvalue weighted by atomic mass is 14.6. The summed E-state index contributed by atoms with van der Waals surface area (Å²) in [5.41, 5.74) is 8.54. The van der Waals surface area contributed by atoms with Crippen molar-refractivity contribution in [2.24, 2.45) is 5.73 Å². The van der Waals surface area contributed by atoms with Crippen molar-refractivity contribution in [2.75, 3.05) is 0 Å². The van der Waals surface area contributed by atoms with E-state index in [9.17, 15) is 0 Å². The van der Waals surface area contributed by atoms with Gasteiger partial charge in [-0.05, 0) is 36.8 Å². The van der Waals surface area contributed by atoms with Crippen molar-refractivity contribution in [1.82, 2.24) is 0 Å². The van der Waals surface area contributed by atoms with E-state index in [1.54, 1.807) is 0 Å². The summed E-state index contributed by atoms with van der Waals surface area (Å²) in [6.07, 6.45) is 6.08. The highest BCUT2D eigenvalue weighted by molar-refractivity contribution is 5.44. The van der Waals surface area contributed by atoms with Crippen LogP contribution in [-0.4, -0.2) is 6.04 Å². The lowest BCUT2D eigenvalue weighted by molar-refractivity contribution is 0.419. The van der Waals surface area contributed by atoms with Crippen LogP contribution in [0.5, 0.6) is 0 Å². The van der Waals surface area contributed by atoms with E-state index in [1.807, 2.05) is 0 Å². The Morgan fingerprint density at radius 3 is 2.76 bits per heavy atom. The lowest BCUT2D eigenvalue weighted by Gasteiger charge is -2.26. The summed E-state index contributed by atoms with van der Waals surface area (Å²) >= 11 is 0. The number of benzene rings is 1. The van der Waals surface area contributed by atoms with Crippen LogP contribution in [0.15, 0.2) is 24.3 Å². The second kappa shape index (κ2) is 5.89. The Kier molecular flexibility index (Phi) is 4.23. The fourth-order valence-corrected chi connectivity index (χ4v) is 2.24. The second-order valence-corrected chi connectivity index (χ2v) is 4.88. The first kappa shape index (κ1) is 12.2. The first-order chi connectivity index (χ1) is 8.31. The van der Waals surface area contributed by atoms with Crippen molar-refractivity contribution in [3.8, 4) is 11.8 Å². The van der Waals surface area contributed by atoms with E-state index in [1.165, 1.54) is 30.4 Å². The molecule has 1 heteroatoms. The maximum Gasteiger partial charge on any atom is 0.0668 e. The van der Waals surface area contributed by atoms with E-state index in [-0.39, 0.29) is 6.04 Å². The summed E-state index contributed by atoms with van der Waals surface area (Å²) in [4.78, 5) is 0. The number of hydrogen-bond donors (Lipinski definition) is 1. The van der Waals surface area contributed by atoms with Crippen molar-refractivity contribution >= 4 is 0 Å². The second-order valence-electron chi connectivity index (χ2n) is 4.88. The zero-order valence-corrected chi connectivity index (χ0v) is 10.6. The molecule has 1 nitrogen and oxygen atoms in total. The maximum atomic E-state index is 5.93. The molecule has 2 rings (SSSR count). The largest absolute Gasteiger partial charge is 0.318 e. The highest BCUT2D eigenvalue weighted by Crippen LogP contribution is 2.37. The third-order valence-corrected chi connectivity index (χ3v) is 3.50. The van der Waals surface area contributed by atoms with E-state index >= 15 is 0 Å². The SMILES string of the molecule is CCCC(N)C#Cc1ccccc1C1CCC1. The first-order valence-electron chi connectivity index (χ1n) is 6.67. The van der Waals surface area contributed by atoms with Gasteiger partial charge in [0, 0.05) is 5.56 Å². The zero-order valence-electron chi connectivity index (χ0n) is 10.6.